The van der Waals surface area contributed by atoms with Crippen LogP contribution in [0.1, 0.15) is 61.7 Å². The second kappa shape index (κ2) is 4.92. The molecule has 1 unspecified atom stereocenters. The third kappa shape index (κ3) is 2.69. The van der Waals surface area contributed by atoms with Crippen LogP contribution in [0.4, 0.5) is 0 Å². The fraction of sp³-hybridized carbons (Fsp3) is 0.643. The minimum absolute atomic E-state index is 0.00944. The third-order valence-corrected chi connectivity index (χ3v) is 3.46. The van der Waals surface area contributed by atoms with E-state index in [9.17, 15) is 19.8 Å². The van der Waals surface area contributed by atoms with E-state index < -0.39 is 18.0 Å². The Hall–Kier alpha value is -1.85. The van der Waals surface area contributed by atoms with Crippen molar-refractivity contribution in [2.45, 2.75) is 52.5 Å². The van der Waals surface area contributed by atoms with Crippen LogP contribution in [-0.2, 0) is 17.6 Å². The molecule has 0 aromatic carbocycles. The van der Waals surface area contributed by atoms with Gasteiger partial charge in [0, 0.05) is 6.42 Å². The Labute approximate surface area is 117 Å². The smallest absolute Gasteiger partial charge is 0.356 e. The highest BCUT2D eigenvalue weighted by molar-refractivity contribution is 5.87. The Morgan fingerprint density at radius 3 is 2.50 bits per heavy atom. The van der Waals surface area contributed by atoms with Gasteiger partial charge in [0.1, 0.15) is 11.9 Å². The minimum atomic E-state index is -1.08. The number of fused-ring (bicyclic) bond motifs is 1. The monoisotopic (exact) mass is 280 g/mol. The van der Waals surface area contributed by atoms with Crippen LogP contribution in [0.2, 0.25) is 0 Å². The predicted octanol–water partition coefficient (Wildman–Crippen LogP) is 2.13. The molecule has 0 saturated carbocycles. The van der Waals surface area contributed by atoms with Crippen molar-refractivity contribution in [3.8, 4) is 0 Å². The molecule has 0 radical (unpaired) electrons. The maximum Gasteiger partial charge on any atom is 0.356 e. The van der Waals surface area contributed by atoms with Crippen molar-refractivity contribution in [2.24, 2.45) is 5.41 Å². The molecule has 0 aliphatic carbocycles. The fourth-order valence-corrected chi connectivity index (χ4v) is 2.72. The van der Waals surface area contributed by atoms with E-state index >= 15 is 0 Å². The molecule has 1 aromatic heterocycles. The van der Waals surface area contributed by atoms with Crippen molar-refractivity contribution in [3.63, 3.8) is 0 Å². The lowest BCUT2D eigenvalue weighted by atomic mass is 9.91. The molecule has 2 heterocycles. The van der Waals surface area contributed by atoms with Crippen LogP contribution in [0.15, 0.2) is 0 Å². The summed E-state index contributed by atoms with van der Waals surface area (Å²) in [4.78, 5) is 26.9. The van der Waals surface area contributed by atoms with Crippen molar-refractivity contribution < 1.29 is 19.8 Å². The zero-order valence-electron chi connectivity index (χ0n) is 12.0. The lowest BCUT2D eigenvalue weighted by Crippen LogP contribution is -2.28. The molecule has 2 rings (SSSR count). The van der Waals surface area contributed by atoms with Gasteiger partial charge in [-0.05, 0) is 24.7 Å². The van der Waals surface area contributed by atoms with E-state index in [2.05, 4.69) is 4.98 Å². The summed E-state index contributed by atoms with van der Waals surface area (Å²) in [5.74, 6) is -1.44. The molecule has 1 aromatic rings. The molecule has 1 atom stereocenters. The van der Waals surface area contributed by atoms with Gasteiger partial charge in [-0.3, -0.25) is 0 Å². The van der Waals surface area contributed by atoms with Gasteiger partial charge in [-0.15, -0.1) is 0 Å². The summed E-state index contributed by atoms with van der Waals surface area (Å²) in [6.07, 6.45) is 2.33. The largest absolute Gasteiger partial charge is 0.480 e. The van der Waals surface area contributed by atoms with Crippen LogP contribution < -0.4 is 0 Å². The van der Waals surface area contributed by atoms with Gasteiger partial charge in [0.2, 0.25) is 0 Å². The SMILES string of the molecule is CC(C)(C)Cc1nc(C(=O)O)c2n1C(C(=O)O)CCC2. The normalized spacial score (nSPS) is 18.6. The number of aliphatic carboxylic acids is 1. The summed E-state index contributed by atoms with van der Waals surface area (Å²) < 4.78 is 1.64. The summed E-state index contributed by atoms with van der Waals surface area (Å²) in [6, 6.07) is -0.698. The minimum Gasteiger partial charge on any atom is -0.480 e. The maximum absolute atomic E-state index is 11.4. The summed E-state index contributed by atoms with van der Waals surface area (Å²) in [6.45, 7) is 6.06. The number of carboxylic acid groups (broad SMARTS) is 2. The van der Waals surface area contributed by atoms with E-state index in [1.54, 1.807) is 4.57 Å². The highest BCUT2D eigenvalue weighted by Crippen LogP contribution is 2.32. The van der Waals surface area contributed by atoms with Crippen LogP contribution in [0.25, 0.3) is 0 Å². The molecule has 6 heteroatoms. The first kappa shape index (κ1) is 14.6. The third-order valence-electron chi connectivity index (χ3n) is 3.46. The molecule has 1 aliphatic heterocycles. The van der Waals surface area contributed by atoms with Gasteiger partial charge in [-0.2, -0.15) is 0 Å². The van der Waals surface area contributed by atoms with E-state index in [0.29, 0.717) is 37.2 Å². The molecule has 1 aliphatic rings. The fourth-order valence-electron chi connectivity index (χ4n) is 2.72. The summed E-state index contributed by atoms with van der Waals surface area (Å²) in [7, 11) is 0. The number of nitrogens with zero attached hydrogens (tertiary/aromatic N) is 2. The molecule has 110 valence electrons. The Balaban J connectivity index is 2.57. The average Bonchev–Trinajstić information content (AvgIpc) is 2.66. The zero-order chi connectivity index (χ0) is 15.1. The molecule has 20 heavy (non-hydrogen) atoms. The average molecular weight is 280 g/mol. The molecule has 2 N–H and O–H groups in total. The number of rotatable bonds is 3. The number of aromatic nitrogens is 2. The van der Waals surface area contributed by atoms with Crippen LogP contribution >= 0.6 is 0 Å². The second-order valence-corrected chi connectivity index (χ2v) is 6.48. The van der Waals surface area contributed by atoms with Crippen molar-refractivity contribution in [2.75, 3.05) is 0 Å². The Bertz CT molecular complexity index is 554. The first-order chi connectivity index (χ1) is 9.20. The first-order valence-corrected chi connectivity index (χ1v) is 6.77. The summed E-state index contributed by atoms with van der Waals surface area (Å²) in [5.41, 5.74) is 0.476. The van der Waals surface area contributed by atoms with Crippen molar-refractivity contribution in [1.29, 1.82) is 0 Å². The number of carboxylic acids is 2. The Morgan fingerprint density at radius 1 is 1.35 bits per heavy atom. The van der Waals surface area contributed by atoms with Crippen molar-refractivity contribution in [3.05, 3.63) is 17.2 Å². The van der Waals surface area contributed by atoms with Crippen LogP contribution in [0.5, 0.6) is 0 Å². The van der Waals surface area contributed by atoms with Gasteiger partial charge in [-0.25, -0.2) is 14.6 Å². The topological polar surface area (TPSA) is 92.4 Å². The van der Waals surface area contributed by atoms with Gasteiger partial charge >= 0.3 is 11.9 Å². The van der Waals surface area contributed by atoms with Gasteiger partial charge in [0.15, 0.2) is 5.69 Å². The number of hydrogen-bond acceptors (Lipinski definition) is 3. The van der Waals surface area contributed by atoms with Crippen LogP contribution in [0.3, 0.4) is 0 Å². The molecule has 0 spiro atoms. The van der Waals surface area contributed by atoms with Crippen LogP contribution in [-0.4, -0.2) is 31.7 Å². The standard InChI is InChI=1S/C14H20N2O4/c1-14(2,3)7-10-15-11(13(19)20)8-5-4-6-9(12(17)18)16(8)10/h9H,4-7H2,1-3H3,(H,17,18)(H,19,20). The molecule has 0 fully saturated rings. The van der Waals surface area contributed by atoms with Crippen LogP contribution in [0, 0.1) is 5.41 Å². The van der Waals surface area contributed by atoms with Gasteiger partial charge in [0.25, 0.3) is 0 Å². The summed E-state index contributed by atoms with van der Waals surface area (Å²) in [5, 5.41) is 18.6. The van der Waals surface area contributed by atoms with Gasteiger partial charge < -0.3 is 14.8 Å². The lowest BCUT2D eigenvalue weighted by molar-refractivity contribution is -0.141. The quantitative estimate of drug-likeness (QED) is 0.884. The Morgan fingerprint density at radius 2 is 2.00 bits per heavy atom. The molecule has 0 amide bonds. The lowest BCUT2D eigenvalue weighted by Gasteiger charge is -2.26. The van der Waals surface area contributed by atoms with E-state index in [-0.39, 0.29) is 11.1 Å². The number of carbonyl (C=O) groups is 2. The van der Waals surface area contributed by atoms with E-state index in [1.165, 1.54) is 0 Å². The second-order valence-electron chi connectivity index (χ2n) is 6.48. The highest BCUT2D eigenvalue weighted by Gasteiger charge is 2.34. The molecular formula is C14H20N2O4. The van der Waals surface area contributed by atoms with Crippen molar-refractivity contribution in [1.82, 2.24) is 9.55 Å². The molecule has 0 saturated heterocycles. The van der Waals surface area contributed by atoms with E-state index in [0.717, 1.165) is 0 Å². The van der Waals surface area contributed by atoms with E-state index in [1.807, 2.05) is 20.8 Å². The Kier molecular flexibility index (Phi) is 3.58. The summed E-state index contributed by atoms with van der Waals surface area (Å²) >= 11 is 0. The molecule has 0 bridgehead atoms. The number of hydrogen-bond donors (Lipinski definition) is 2. The van der Waals surface area contributed by atoms with E-state index in [4.69, 9.17) is 0 Å². The zero-order valence-corrected chi connectivity index (χ0v) is 12.0. The highest BCUT2D eigenvalue weighted by atomic mass is 16.4. The maximum atomic E-state index is 11.4. The van der Waals surface area contributed by atoms with Gasteiger partial charge in [0.05, 0.1) is 5.69 Å². The molecular weight excluding hydrogens is 260 g/mol. The molecule has 6 nitrogen and oxygen atoms in total. The predicted molar refractivity (Wildman–Crippen MR) is 72.0 cm³/mol. The number of aromatic carboxylic acids is 1. The van der Waals surface area contributed by atoms with Crippen molar-refractivity contribution >= 4 is 11.9 Å². The van der Waals surface area contributed by atoms with Gasteiger partial charge in [-0.1, -0.05) is 20.8 Å². The first-order valence-electron chi connectivity index (χ1n) is 6.77. The number of imidazole rings is 1.